The van der Waals surface area contributed by atoms with Crippen molar-refractivity contribution >= 4 is 21.8 Å². The van der Waals surface area contributed by atoms with E-state index < -0.39 is 0 Å². The van der Waals surface area contributed by atoms with Gasteiger partial charge in [-0.1, -0.05) is 28.1 Å². The van der Waals surface area contributed by atoms with Crippen molar-refractivity contribution in [1.82, 2.24) is 10.3 Å². The van der Waals surface area contributed by atoms with E-state index in [2.05, 4.69) is 38.4 Å². The summed E-state index contributed by atoms with van der Waals surface area (Å²) in [4.78, 5) is 13.4. The largest absolute Gasteiger partial charge is 0.467 e. The summed E-state index contributed by atoms with van der Waals surface area (Å²) in [5, 5.41) is 0. The Morgan fingerprint density at radius 2 is 2.05 bits per heavy atom. The van der Waals surface area contributed by atoms with E-state index in [1.54, 1.807) is 6.07 Å². The van der Waals surface area contributed by atoms with Crippen molar-refractivity contribution in [3.05, 3.63) is 58.0 Å². The summed E-state index contributed by atoms with van der Waals surface area (Å²) in [6, 6.07) is 9.85. The van der Waals surface area contributed by atoms with Crippen molar-refractivity contribution in [2.45, 2.75) is 13.1 Å². The van der Waals surface area contributed by atoms with E-state index >= 15 is 0 Å². The van der Waals surface area contributed by atoms with Gasteiger partial charge in [-0.15, -0.1) is 0 Å². The molecule has 0 aliphatic rings. The van der Waals surface area contributed by atoms with Gasteiger partial charge in [-0.3, -0.25) is 15.1 Å². The highest BCUT2D eigenvalue weighted by Gasteiger charge is 2.10. The zero-order chi connectivity index (χ0) is 14.5. The molecule has 5 nitrogen and oxygen atoms in total. The standard InChI is InChI=1S/C14H16BrN3O2/c1-18(7-10-2-4-12(15)5-3-10)8-13-6-11(9-20-13)14(19)17-16/h2-6,9H,7-8,16H2,1H3,(H,17,19). The number of nitrogens with two attached hydrogens (primary N) is 1. The Labute approximate surface area is 125 Å². The zero-order valence-corrected chi connectivity index (χ0v) is 12.7. The molecule has 2 aromatic rings. The topological polar surface area (TPSA) is 71.5 Å². The van der Waals surface area contributed by atoms with Crippen molar-refractivity contribution in [2.24, 2.45) is 5.84 Å². The van der Waals surface area contributed by atoms with Gasteiger partial charge in [-0.25, -0.2) is 5.84 Å². The summed E-state index contributed by atoms with van der Waals surface area (Å²) in [6.45, 7) is 1.42. The number of rotatable bonds is 5. The molecule has 2 rings (SSSR count). The van der Waals surface area contributed by atoms with Gasteiger partial charge in [0.15, 0.2) is 0 Å². The number of hydrogen-bond acceptors (Lipinski definition) is 4. The Balaban J connectivity index is 1.94. The van der Waals surface area contributed by atoms with E-state index in [1.165, 1.54) is 11.8 Å². The molecule has 0 saturated heterocycles. The number of carbonyl (C=O) groups excluding carboxylic acids is 1. The first-order valence-corrected chi connectivity index (χ1v) is 6.89. The Bertz CT molecular complexity index is 580. The second-order valence-corrected chi connectivity index (χ2v) is 5.49. The molecule has 1 aromatic carbocycles. The first kappa shape index (κ1) is 14.8. The lowest BCUT2D eigenvalue weighted by Gasteiger charge is -2.15. The monoisotopic (exact) mass is 337 g/mol. The molecule has 0 aliphatic heterocycles. The highest BCUT2D eigenvalue weighted by Crippen LogP contribution is 2.14. The second-order valence-electron chi connectivity index (χ2n) is 4.57. The molecule has 1 aromatic heterocycles. The lowest BCUT2D eigenvalue weighted by atomic mass is 10.2. The van der Waals surface area contributed by atoms with Crippen molar-refractivity contribution in [3.8, 4) is 0 Å². The minimum Gasteiger partial charge on any atom is -0.467 e. The van der Waals surface area contributed by atoms with Crippen LogP contribution >= 0.6 is 15.9 Å². The third-order valence-electron chi connectivity index (χ3n) is 2.84. The average molecular weight is 338 g/mol. The van der Waals surface area contributed by atoms with Gasteiger partial charge in [0.25, 0.3) is 5.91 Å². The van der Waals surface area contributed by atoms with Crippen LogP contribution in [0.3, 0.4) is 0 Å². The Kier molecular flexibility index (Phi) is 4.94. The molecule has 106 valence electrons. The Hall–Kier alpha value is -1.63. The zero-order valence-electron chi connectivity index (χ0n) is 11.1. The fourth-order valence-electron chi connectivity index (χ4n) is 1.89. The minimum atomic E-state index is -0.351. The van der Waals surface area contributed by atoms with Gasteiger partial charge >= 0.3 is 0 Å². The minimum absolute atomic E-state index is 0.351. The summed E-state index contributed by atoms with van der Waals surface area (Å²) in [6.07, 6.45) is 1.41. The molecule has 0 bridgehead atoms. The molecule has 0 radical (unpaired) electrons. The van der Waals surface area contributed by atoms with Crippen LogP contribution in [0, 0.1) is 0 Å². The van der Waals surface area contributed by atoms with Crippen molar-refractivity contribution in [2.75, 3.05) is 7.05 Å². The molecule has 6 heteroatoms. The first-order valence-electron chi connectivity index (χ1n) is 6.10. The number of carbonyl (C=O) groups is 1. The van der Waals surface area contributed by atoms with Crippen molar-refractivity contribution in [1.29, 1.82) is 0 Å². The third-order valence-corrected chi connectivity index (χ3v) is 3.37. The van der Waals surface area contributed by atoms with Crippen LogP contribution in [-0.4, -0.2) is 17.9 Å². The molecule has 0 saturated carbocycles. The molecule has 20 heavy (non-hydrogen) atoms. The lowest BCUT2D eigenvalue weighted by Crippen LogP contribution is -2.29. The number of nitrogens with zero attached hydrogens (tertiary/aromatic N) is 1. The number of nitrogen functional groups attached to an aromatic ring is 1. The number of nitrogens with one attached hydrogen (secondary N) is 1. The predicted octanol–water partition coefficient (Wildman–Crippen LogP) is 2.28. The molecule has 0 fully saturated rings. The number of hydrazine groups is 1. The summed E-state index contributed by atoms with van der Waals surface area (Å²) >= 11 is 3.41. The van der Waals surface area contributed by atoms with E-state index in [-0.39, 0.29) is 5.91 Å². The average Bonchev–Trinajstić information content (AvgIpc) is 2.89. The SMILES string of the molecule is CN(Cc1ccc(Br)cc1)Cc1cc(C(=O)NN)co1. The van der Waals surface area contributed by atoms with Crippen LogP contribution in [0.4, 0.5) is 0 Å². The van der Waals surface area contributed by atoms with Gasteiger partial charge in [0.1, 0.15) is 12.0 Å². The number of benzene rings is 1. The summed E-state index contributed by atoms with van der Waals surface area (Å²) in [5.41, 5.74) is 3.72. The van der Waals surface area contributed by atoms with E-state index in [0.29, 0.717) is 12.1 Å². The van der Waals surface area contributed by atoms with Crippen molar-refractivity contribution < 1.29 is 9.21 Å². The summed E-state index contributed by atoms with van der Waals surface area (Å²) in [5.74, 6) is 5.45. The summed E-state index contributed by atoms with van der Waals surface area (Å²) in [7, 11) is 1.99. The number of halogens is 1. The molecular formula is C14H16BrN3O2. The molecule has 1 amide bonds. The molecule has 0 spiro atoms. The molecule has 1 heterocycles. The van der Waals surface area contributed by atoms with E-state index in [0.717, 1.165) is 16.8 Å². The number of amides is 1. The molecule has 3 N–H and O–H groups in total. The van der Waals surface area contributed by atoms with Gasteiger partial charge in [-0.2, -0.15) is 0 Å². The van der Waals surface area contributed by atoms with Gasteiger partial charge in [0, 0.05) is 11.0 Å². The molecule has 0 unspecified atom stereocenters. The van der Waals surface area contributed by atoms with Gasteiger partial charge in [0.05, 0.1) is 12.1 Å². The van der Waals surface area contributed by atoms with Crippen LogP contribution in [0.1, 0.15) is 21.7 Å². The van der Waals surface area contributed by atoms with Crippen LogP contribution in [0.5, 0.6) is 0 Å². The number of furan rings is 1. The molecule has 0 atom stereocenters. The highest BCUT2D eigenvalue weighted by molar-refractivity contribution is 9.10. The maximum atomic E-state index is 11.3. The van der Waals surface area contributed by atoms with Crippen LogP contribution in [-0.2, 0) is 13.1 Å². The smallest absolute Gasteiger partial charge is 0.268 e. The second kappa shape index (κ2) is 6.69. The molecular weight excluding hydrogens is 322 g/mol. The normalized spacial score (nSPS) is 10.8. The van der Waals surface area contributed by atoms with E-state index in [4.69, 9.17) is 10.3 Å². The fraction of sp³-hybridized carbons (Fsp3) is 0.214. The maximum Gasteiger partial charge on any atom is 0.268 e. The van der Waals surface area contributed by atoms with Crippen LogP contribution in [0.25, 0.3) is 0 Å². The van der Waals surface area contributed by atoms with Crippen LogP contribution in [0.15, 0.2) is 45.5 Å². The Morgan fingerprint density at radius 3 is 2.70 bits per heavy atom. The number of hydrogen-bond donors (Lipinski definition) is 2. The van der Waals surface area contributed by atoms with Gasteiger partial charge in [0.2, 0.25) is 0 Å². The lowest BCUT2D eigenvalue weighted by molar-refractivity contribution is 0.0953. The van der Waals surface area contributed by atoms with Gasteiger partial charge in [-0.05, 0) is 30.8 Å². The summed E-state index contributed by atoms with van der Waals surface area (Å²) < 4.78 is 6.41. The van der Waals surface area contributed by atoms with Crippen LogP contribution in [0.2, 0.25) is 0 Å². The fourth-order valence-corrected chi connectivity index (χ4v) is 2.15. The van der Waals surface area contributed by atoms with E-state index in [1.807, 2.05) is 19.2 Å². The highest BCUT2D eigenvalue weighted by atomic mass is 79.9. The van der Waals surface area contributed by atoms with Crippen molar-refractivity contribution in [3.63, 3.8) is 0 Å². The predicted molar refractivity (Wildman–Crippen MR) is 79.7 cm³/mol. The molecule has 0 aliphatic carbocycles. The first-order chi connectivity index (χ1) is 9.58. The van der Waals surface area contributed by atoms with Gasteiger partial charge < -0.3 is 4.42 Å². The third kappa shape index (κ3) is 3.93. The maximum absolute atomic E-state index is 11.3. The Morgan fingerprint density at radius 1 is 1.35 bits per heavy atom. The quantitative estimate of drug-likeness (QED) is 0.498. The van der Waals surface area contributed by atoms with Crippen LogP contribution < -0.4 is 11.3 Å². The van der Waals surface area contributed by atoms with E-state index in [9.17, 15) is 4.79 Å².